The van der Waals surface area contributed by atoms with Gasteiger partial charge in [-0.15, -0.1) is 0 Å². The highest BCUT2D eigenvalue weighted by Crippen LogP contribution is 2.67. The van der Waals surface area contributed by atoms with E-state index in [0.717, 1.165) is 0 Å². The molecule has 0 aliphatic carbocycles. The van der Waals surface area contributed by atoms with Crippen molar-refractivity contribution >= 4 is 19.0 Å². The minimum absolute atomic E-state index is 0.00386. The molecule has 1 nitrogen and oxygen atoms in total. The summed E-state index contributed by atoms with van der Waals surface area (Å²) in [6.45, 7) is 23.7. The molecule has 4 unspecified atom stereocenters. The number of Topliss-reactive ketones (excluding diaryl/α,β-unsaturated/α-hetero) is 1. The number of rotatable bonds is 12. The zero-order valence-electron chi connectivity index (χ0n) is 37.2. The lowest BCUT2D eigenvalue weighted by Crippen LogP contribution is -2.38. The molecule has 0 N–H and O–H groups in total. The van der Waals surface area contributed by atoms with E-state index in [4.69, 9.17) is 0 Å². The van der Waals surface area contributed by atoms with Gasteiger partial charge in [0.1, 0.15) is 5.78 Å². The average molecular weight is 797 g/mol. The summed E-state index contributed by atoms with van der Waals surface area (Å²) in [7, 11) is -0.965. The third-order valence-corrected chi connectivity index (χ3v) is 16.4. The summed E-state index contributed by atoms with van der Waals surface area (Å²) < 4.78 is 0. The van der Waals surface area contributed by atoms with Gasteiger partial charge >= 0.3 is 0 Å². The van der Waals surface area contributed by atoms with Crippen LogP contribution in [0.15, 0.2) is 146 Å². The molecule has 0 radical (unpaired) electrons. The Balaban J connectivity index is 1.70. The summed E-state index contributed by atoms with van der Waals surface area (Å²) >= 11 is 0. The number of benzene rings is 6. The van der Waals surface area contributed by atoms with Gasteiger partial charge in [0.05, 0.1) is 0 Å². The molecular formula is C57H65OP. The highest BCUT2D eigenvalue weighted by molar-refractivity contribution is 7.68. The van der Waals surface area contributed by atoms with Gasteiger partial charge in [0.15, 0.2) is 0 Å². The van der Waals surface area contributed by atoms with Crippen LogP contribution in [0.25, 0.3) is 0 Å². The van der Waals surface area contributed by atoms with Crippen molar-refractivity contribution < 1.29 is 4.79 Å². The monoisotopic (exact) mass is 796 g/mol. The fourth-order valence-electron chi connectivity index (χ4n) is 10.3. The average Bonchev–Trinajstić information content (AvgIpc) is 3.22. The Bertz CT molecular complexity index is 2170. The zero-order chi connectivity index (χ0) is 42.0. The lowest BCUT2D eigenvalue weighted by atomic mass is 9.73. The van der Waals surface area contributed by atoms with E-state index in [1.807, 2.05) is 0 Å². The first-order chi connectivity index (χ1) is 28.3. The maximum absolute atomic E-state index is 14.1. The molecule has 2 heteroatoms. The van der Waals surface area contributed by atoms with Crippen LogP contribution in [0.1, 0.15) is 184 Å². The van der Waals surface area contributed by atoms with Crippen molar-refractivity contribution in [3.8, 4) is 0 Å². The summed E-state index contributed by atoms with van der Waals surface area (Å²) in [5.74, 6) is 1.74. The van der Waals surface area contributed by atoms with E-state index in [9.17, 15) is 4.79 Å². The Kier molecular flexibility index (Phi) is 12.9. The van der Waals surface area contributed by atoms with Crippen molar-refractivity contribution in [1.82, 2.24) is 0 Å². The van der Waals surface area contributed by atoms with E-state index >= 15 is 0 Å². The molecule has 7 rings (SSSR count). The van der Waals surface area contributed by atoms with E-state index in [-0.39, 0.29) is 22.7 Å². The van der Waals surface area contributed by atoms with Crippen molar-refractivity contribution in [2.45, 2.75) is 128 Å². The van der Waals surface area contributed by atoms with E-state index in [1.165, 1.54) is 66.5 Å². The summed E-state index contributed by atoms with van der Waals surface area (Å²) in [4.78, 5) is 14.1. The Morgan fingerprint density at radius 2 is 0.797 bits per heavy atom. The van der Waals surface area contributed by atoms with Crippen LogP contribution in [0.3, 0.4) is 0 Å². The summed E-state index contributed by atoms with van der Waals surface area (Å²) in [6.07, 6.45) is 1.15. The van der Waals surface area contributed by atoms with Crippen LogP contribution >= 0.6 is 7.92 Å². The van der Waals surface area contributed by atoms with Gasteiger partial charge in [-0.05, 0) is 95.3 Å². The first-order valence-electron chi connectivity index (χ1n) is 22.1. The van der Waals surface area contributed by atoms with E-state index in [0.29, 0.717) is 42.3 Å². The SMILES string of the molecule is CC(C)c1cccc(C(C)C)c1C(c1ccccc1)c1cccc(C(c2ccccc2)c2c(C(C)C)cccc2C(C)C)c1P1C(c2ccccc2)CC(=O)CC1(C)C. The Labute approximate surface area is 357 Å². The summed E-state index contributed by atoms with van der Waals surface area (Å²) in [6, 6.07) is 55.1. The van der Waals surface area contributed by atoms with Gasteiger partial charge in [-0.2, -0.15) is 0 Å². The molecule has 6 aromatic rings. The smallest absolute Gasteiger partial charge is 0.134 e. The van der Waals surface area contributed by atoms with Gasteiger partial charge < -0.3 is 0 Å². The molecule has 1 fully saturated rings. The molecule has 304 valence electrons. The summed E-state index contributed by atoms with van der Waals surface area (Å²) in [5, 5.41) is 1.23. The number of hydrogen-bond acceptors (Lipinski definition) is 1. The minimum Gasteiger partial charge on any atom is -0.300 e. The number of carbonyl (C=O) groups excluding carboxylic acids is 1. The highest BCUT2D eigenvalue weighted by Gasteiger charge is 2.47. The molecule has 4 atom stereocenters. The minimum atomic E-state index is -0.965. The molecule has 0 amide bonds. The maximum Gasteiger partial charge on any atom is 0.134 e. The lowest BCUT2D eigenvalue weighted by molar-refractivity contribution is -0.119. The molecule has 1 aliphatic rings. The van der Waals surface area contributed by atoms with Crippen LogP contribution in [0, 0.1) is 0 Å². The second-order valence-corrected chi connectivity index (χ2v) is 21.8. The molecule has 0 spiro atoms. The van der Waals surface area contributed by atoms with Crippen molar-refractivity contribution in [2.75, 3.05) is 0 Å². The third-order valence-electron chi connectivity index (χ3n) is 12.8. The van der Waals surface area contributed by atoms with Crippen molar-refractivity contribution in [2.24, 2.45) is 0 Å². The van der Waals surface area contributed by atoms with Gasteiger partial charge in [-0.1, -0.05) is 223 Å². The number of ketones is 1. The van der Waals surface area contributed by atoms with E-state index < -0.39 is 7.92 Å². The Morgan fingerprint density at radius 1 is 0.458 bits per heavy atom. The second-order valence-electron chi connectivity index (χ2n) is 18.8. The molecule has 1 aliphatic heterocycles. The second kappa shape index (κ2) is 18.0. The standard InChI is InChI=1S/C57H65OP/c1-37(2)45-29-20-30-46(38(3)4)54(45)52(42-25-16-12-17-26-42)49-33-22-34-50(56(49)59-51(41-23-14-11-15-24-41)35-44(58)36-57(59,9)10)53(43-27-18-13-19-28-43)55-47(39(5)6)31-21-32-48(55)40(7)8/h11-34,37-40,51-53H,35-36H2,1-10H3. The topological polar surface area (TPSA) is 17.1 Å². The molecule has 0 aromatic heterocycles. The molecule has 0 saturated carbocycles. The van der Waals surface area contributed by atoms with Crippen LogP contribution in [0.5, 0.6) is 0 Å². The van der Waals surface area contributed by atoms with Crippen molar-refractivity contribution in [1.29, 1.82) is 0 Å². The van der Waals surface area contributed by atoms with Crippen LogP contribution in [-0.2, 0) is 4.79 Å². The normalized spacial score (nSPS) is 17.8. The maximum atomic E-state index is 14.1. The highest BCUT2D eigenvalue weighted by atomic mass is 31.1. The van der Waals surface area contributed by atoms with Crippen molar-refractivity contribution in [3.63, 3.8) is 0 Å². The summed E-state index contributed by atoms with van der Waals surface area (Å²) in [5.41, 5.74) is 15.4. The predicted molar refractivity (Wildman–Crippen MR) is 255 cm³/mol. The van der Waals surface area contributed by atoms with Crippen LogP contribution in [0.4, 0.5) is 0 Å². The van der Waals surface area contributed by atoms with Gasteiger partial charge in [0.2, 0.25) is 0 Å². The first kappa shape index (κ1) is 42.5. The Hall–Kier alpha value is -4.58. The number of hydrogen-bond donors (Lipinski definition) is 0. The van der Waals surface area contributed by atoms with E-state index in [2.05, 4.69) is 215 Å². The number of carbonyl (C=O) groups is 1. The fourth-order valence-corrected chi connectivity index (χ4v) is 14.2. The van der Waals surface area contributed by atoms with Gasteiger partial charge in [-0.25, -0.2) is 0 Å². The Morgan fingerprint density at radius 3 is 1.15 bits per heavy atom. The molecule has 6 aromatic carbocycles. The lowest BCUT2D eigenvalue weighted by Gasteiger charge is -2.47. The third kappa shape index (κ3) is 8.56. The molecule has 59 heavy (non-hydrogen) atoms. The van der Waals surface area contributed by atoms with Gasteiger partial charge in [0.25, 0.3) is 0 Å². The van der Waals surface area contributed by atoms with E-state index in [1.54, 1.807) is 0 Å². The van der Waals surface area contributed by atoms with Crippen LogP contribution < -0.4 is 5.30 Å². The van der Waals surface area contributed by atoms with Crippen LogP contribution in [0.2, 0.25) is 0 Å². The van der Waals surface area contributed by atoms with Crippen molar-refractivity contribution in [3.05, 3.63) is 207 Å². The molecular weight excluding hydrogens is 732 g/mol. The van der Waals surface area contributed by atoms with Gasteiger partial charge in [-0.3, -0.25) is 4.79 Å². The fraction of sp³-hybridized carbons (Fsp3) is 0.351. The molecule has 1 saturated heterocycles. The predicted octanol–water partition coefficient (Wildman–Crippen LogP) is 15.5. The van der Waals surface area contributed by atoms with Gasteiger partial charge in [0, 0.05) is 30.3 Å². The zero-order valence-corrected chi connectivity index (χ0v) is 38.1. The largest absolute Gasteiger partial charge is 0.300 e. The first-order valence-corrected chi connectivity index (χ1v) is 23.5. The molecule has 0 bridgehead atoms. The molecule has 1 heterocycles. The quantitative estimate of drug-likeness (QED) is 0.0890. The van der Waals surface area contributed by atoms with Crippen LogP contribution in [-0.4, -0.2) is 10.9 Å².